The van der Waals surface area contributed by atoms with E-state index in [1.807, 2.05) is 12.3 Å². The third-order valence-electron chi connectivity index (χ3n) is 3.91. The summed E-state index contributed by atoms with van der Waals surface area (Å²) in [5, 5.41) is 1.81. The van der Waals surface area contributed by atoms with Gasteiger partial charge in [-0.1, -0.05) is 36.4 Å². The molecule has 0 unspecified atom stereocenters. The summed E-state index contributed by atoms with van der Waals surface area (Å²) < 4.78 is 27.4. The number of thiophene rings is 1. The fourth-order valence-corrected chi connectivity index (χ4v) is 4.61. The van der Waals surface area contributed by atoms with Crippen LogP contribution in [0.15, 0.2) is 71.5 Å². The molecular weight excluding hydrogens is 366 g/mol. The number of hydrogen-bond acceptors (Lipinski definition) is 4. The first-order valence-corrected chi connectivity index (χ1v) is 10.6. The normalized spacial score (nSPS) is 11.5. The van der Waals surface area contributed by atoms with E-state index in [-0.39, 0.29) is 22.8 Å². The van der Waals surface area contributed by atoms with Crippen molar-refractivity contribution in [1.82, 2.24) is 4.31 Å². The Morgan fingerprint density at radius 2 is 1.92 bits per heavy atom. The highest BCUT2D eigenvalue weighted by Crippen LogP contribution is 2.20. The second kappa shape index (κ2) is 9.07. The largest absolute Gasteiger partial charge is 0.288 e. The van der Waals surface area contributed by atoms with Gasteiger partial charge in [0, 0.05) is 18.7 Å². The number of allylic oxidation sites excluding steroid dienone is 1. The van der Waals surface area contributed by atoms with E-state index in [4.69, 9.17) is 0 Å². The van der Waals surface area contributed by atoms with Crippen molar-refractivity contribution in [3.8, 4) is 0 Å². The monoisotopic (exact) mass is 389 g/mol. The van der Waals surface area contributed by atoms with E-state index in [0.29, 0.717) is 24.3 Å². The summed E-state index contributed by atoms with van der Waals surface area (Å²) in [6, 6.07) is 10.2. The van der Waals surface area contributed by atoms with Crippen LogP contribution < -0.4 is 0 Å². The van der Waals surface area contributed by atoms with Gasteiger partial charge in [-0.05, 0) is 43.3 Å². The van der Waals surface area contributed by atoms with E-state index in [2.05, 4.69) is 13.2 Å². The Balaban J connectivity index is 2.24. The molecule has 0 spiro atoms. The smallest absolute Gasteiger partial charge is 0.243 e. The van der Waals surface area contributed by atoms with Gasteiger partial charge in [-0.3, -0.25) is 4.79 Å². The molecule has 6 heteroatoms. The summed E-state index contributed by atoms with van der Waals surface area (Å²) in [5.74, 6) is -0.215. The van der Waals surface area contributed by atoms with E-state index in [0.717, 1.165) is 5.56 Å². The molecule has 0 N–H and O–H groups in total. The second-order valence-electron chi connectivity index (χ2n) is 5.99. The fourth-order valence-electron chi connectivity index (χ4n) is 2.42. The highest BCUT2D eigenvalue weighted by Gasteiger charge is 2.26. The first kappa shape index (κ1) is 20.3. The maximum Gasteiger partial charge on any atom is 0.243 e. The molecule has 1 heterocycles. The number of rotatable bonds is 10. The van der Waals surface area contributed by atoms with Gasteiger partial charge in [0.15, 0.2) is 5.78 Å². The molecule has 1 aromatic carbocycles. The molecule has 0 bridgehead atoms. The molecular formula is C20H23NO3S2. The molecule has 26 heavy (non-hydrogen) atoms. The molecule has 0 aliphatic rings. The SMILES string of the molecule is C=CCCCN(CC(=C)C(=O)c1cccs1)S(=O)(=O)c1ccc(C)cc1. The number of carbonyl (C=O) groups excluding carboxylic acids is 1. The zero-order valence-corrected chi connectivity index (χ0v) is 16.5. The van der Waals surface area contributed by atoms with Crippen LogP contribution in [0, 0.1) is 6.92 Å². The lowest BCUT2D eigenvalue weighted by molar-refractivity contribution is 0.103. The molecule has 0 aliphatic carbocycles. The van der Waals surface area contributed by atoms with E-state index in [1.165, 1.54) is 15.6 Å². The van der Waals surface area contributed by atoms with E-state index >= 15 is 0 Å². The number of unbranched alkanes of at least 4 members (excludes halogenated alkanes) is 1. The number of benzene rings is 1. The molecule has 4 nitrogen and oxygen atoms in total. The number of sulfonamides is 1. The standard InChI is InChI=1S/C20H23NO3S2/c1-4-5-6-13-21(15-17(3)20(22)19-8-7-14-25-19)26(23,24)18-11-9-16(2)10-12-18/h4,7-12,14H,1,3,5-6,13,15H2,2H3. The third-order valence-corrected chi connectivity index (χ3v) is 6.64. The molecule has 1 aromatic heterocycles. The number of hydrogen-bond donors (Lipinski definition) is 0. The van der Waals surface area contributed by atoms with Gasteiger partial charge in [0.05, 0.1) is 9.77 Å². The Bertz CT molecular complexity index is 866. The molecule has 0 atom stereocenters. The van der Waals surface area contributed by atoms with Crippen LogP contribution in [0.1, 0.15) is 28.1 Å². The predicted molar refractivity (Wildman–Crippen MR) is 107 cm³/mol. The lowest BCUT2D eigenvalue weighted by Crippen LogP contribution is -2.35. The van der Waals surface area contributed by atoms with E-state index < -0.39 is 10.0 Å². The van der Waals surface area contributed by atoms with Crippen molar-refractivity contribution in [3.05, 3.63) is 77.0 Å². The van der Waals surface area contributed by atoms with Crippen molar-refractivity contribution in [2.45, 2.75) is 24.7 Å². The molecule has 0 saturated heterocycles. The van der Waals surface area contributed by atoms with Crippen LogP contribution in [0.5, 0.6) is 0 Å². The minimum atomic E-state index is -3.71. The van der Waals surface area contributed by atoms with Gasteiger partial charge in [-0.15, -0.1) is 17.9 Å². The van der Waals surface area contributed by atoms with E-state index in [1.54, 1.807) is 42.5 Å². The Morgan fingerprint density at radius 3 is 2.50 bits per heavy atom. The highest BCUT2D eigenvalue weighted by atomic mass is 32.2. The van der Waals surface area contributed by atoms with Gasteiger partial charge in [0.2, 0.25) is 10.0 Å². The average Bonchev–Trinajstić information content (AvgIpc) is 3.15. The Morgan fingerprint density at radius 1 is 1.23 bits per heavy atom. The predicted octanol–water partition coefficient (Wildman–Crippen LogP) is 4.45. The van der Waals surface area contributed by atoms with Crippen molar-refractivity contribution in [3.63, 3.8) is 0 Å². The maximum atomic E-state index is 13.0. The molecule has 0 radical (unpaired) electrons. The summed E-state index contributed by atoms with van der Waals surface area (Å²) in [7, 11) is -3.71. The van der Waals surface area contributed by atoms with Crippen LogP contribution >= 0.6 is 11.3 Å². The lowest BCUT2D eigenvalue weighted by atomic mass is 10.1. The molecule has 0 amide bonds. The van der Waals surface area contributed by atoms with Crippen molar-refractivity contribution >= 4 is 27.1 Å². The van der Waals surface area contributed by atoms with Crippen LogP contribution in [0.4, 0.5) is 0 Å². The van der Waals surface area contributed by atoms with Crippen LogP contribution in [-0.4, -0.2) is 31.6 Å². The molecule has 2 rings (SSSR count). The second-order valence-corrected chi connectivity index (χ2v) is 8.88. The third kappa shape index (κ3) is 5.00. The Labute approximate surface area is 159 Å². The summed E-state index contributed by atoms with van der Waals surface area (Å²) in [6.45, 7) is 9.69. The van der Waals surface area contributed by atoms with Crippen LogP contribution in [0.2, 0.25) is 0 Å². The molecule has 138 valence electrons. The van der Waals surface area contributed by atoms with Crippen molar-refractivity contribution in [2.75, 3.05) is 13.1 Å². The van der Waals surface area contributed by atoms with Gasteiger partial charge in [-0.2, -0.15) is 4.31 Å². The minimum Gasteiger partial charge on any atom is -0.288 e. The van der Waals surface area contributed by atoms with Crippen LogP contribution in [-0.2, 0) is 10.0 Å². The highest BCUT2D eigenvalue weighted by molar-refractivity contribution is 7.89. The van der Waals surface area contributed by atoms with Gasteiger partial charge >= 0.3 is 0 Å². The van der Waals surface area contributed by atoms with Crippen molar-refractivity contribution in [2.24, 2.45) is 0 Å². The quantitative estimate of drug-likeness (QED) is 0.261. The maximum absolute atomic E-state index is 13.0. The van der Waals surface area contributed by atoms with E-state index in [9.17, 15) is 13.2 Å². The van der Waals surface area contributed by atoms with Crippen molar-refractivity contribution < 1.29 is 13.2 Å². The minimum absolute atomic E-state index is 0.0237. The Kier molecular flexibility index (Phi) is 7.08. The molecule has 2 aromatic rings. The molecule has 0 aliphatic heterocycles. The number of carbonyl (C=O) groups is 1. The van der Waals surface area contributed by atoms with Gasteiger partial charge in [0.1, 0.15) is 0 Å². The Hall–Kier alpha value is -2.02. The zero-order chi connectivity index (χ0) is 19.2. The first-order valence-electron chi connectivity index (χ1n) is 8.30. The summed E-state index contributed by atoms with van der Waals surface area (Å²) >= 11 is 1.32. The summed E-state index contributed by atoms with van der Waals surface area (Å²) in [4.78, 5) is 13.2. The average molecular weight is 390 g/mol. The molecule has 0 fully saturated rings. The number of Topliss-reactive ketones (excluding diaryl/α,β-unsaturated/α-hetero) is 1. The van der Waals surface area contributed by atoms with Crippen LogP contribution in [0.3, 0.4) is 0 Å². The van der Waals surface area contributed by atoms with Gasteiger partial charge in [-0.25, -0.2) is 8.42 Å². The van der Waals surface area contributed by atoms with Crippen LogP contribution in [0.25, 0.3) is 0 Å². The summed E-state index contributed by atoms with van der Waals surface area (Å²) in [6.07, 6.45) is 3.09. The number of nitrogens with zero attached hydrogens (tertiary/aromatic N) is 1. The van der Waals surface area contributed by atoms with Gasteiger partial charge in [0.25, 0.3) is 0 Å². The topological polar surface area (TPSA) is 54.5 Å². The lowest BCUT2D eigenvalue weighted by Gasteiger charge is -2.22. The zero-order valence-electron chi connectivity index (χ0n) is 14.8. The summed E-state index contributed by atoms with van der Waals surface area (Å²) in [5.41, 5.74) is 1.25. The first-order chi connectivity index (χ1) is 12.4. The number of ketones is 1. The van der Waals surface area contributed by atoms with Crippen molar-refractivity contribution in [1.29, 1.82) is 0 Å². The fraction of sp³-hybridized carbons (Fsp3) is 0.250. The molecule has 0 saturated carbocycles. The number of aryl methyl sites for hydroxylation is 1. The van der Waals surface area contributed by atoms with Gasteiger partial charge < -0.3 is 0 Å².